The maximum atomic E-state index is 12.9. The van der Waals surface area contributed by atoms with E-state index in [0.29, 0.717) is 12.3 Å². The van der Waals surface area contributed by atoms with Gasteiger partial charge in [-0.1, -0.05) is 43.5 Å². The number of carbonyl (C=O) groups excluding carboxylic acids is 1. The first-order chi connectivity index (χ1) is 13.9. The highest BCUT2D eigenvalue weighted by atomic mass is 32.2. The zero-order valence-electron chi connectivity index (χ0n) is 17.5. The molecule has 6 heteroatoms. The number of likely N-dealkylation sites (tertiary alicyclic amines) is 1. The molecule has 4 atom stereocenters. The van der Waals surface area contributed by atoms with E-state index in [2.05, 4.69) is 36.9 Å². The molecule has 1 N–H and O–H groups in total. The molecule has 1 saturated carbocycles. The van der Waals surface area contributed by atoms with Crippen molar-refractivity contribution in [1.29, 1.82) is 0 Å². The molecule has 1 heterocycles. The molecule has 0 bridgehead atoms. The standard InChI is InChI=1S/C23H33NO3S2/c1-16(14-28)22(25)24(23(26)27)13-21(12-17(24)2)29-15-18-8-10-20(11-9-18)19-6-4-3-5-7-19/h8-11,16-17,19,21H,3-7,12-15H2,1-2H3,(H-,26,27,28)/p+1/t16-,17?,21+,24?/m1/s1. The van der Waals surface area contributed by atoms with E-state index in [1.165, 1.54) is 43.2 Å². The van der Waals surface area contributed by atoms with Gasteiger partial charge in [-0.3, -0.25) is 0 Å². The van der Waals surface area contributed by atoms with Crippen LogP contribution in [0.25, 0.3) is 0 Å². The highest BCUT2D eigenvalue weighted by Gasteiger charge is 2.57. The fourth-order valence-electron chi connectivity index (χ4n) is 4.93. The van der Waals surface area contributed by atoms with Crippen LogP contribution in [0.5, 0.6) is 0 Å². The third-order valence-corrected chi connectivity index (χ3v) is 8.68. The Balaban J connectivity index is 1.61. The first-order valence-electron chi connectivity index (χ1n) is 10.9. The summed E-state index contributed by atoms with van der Waals surface area (Å²) in [6.45, 7) is 4.05. The highest BCUT2D eigenvalue weighted by molar-refractivity contribution is 7.99. The number of rotatable bonds is 6. The number of nitrogens with zero attached hydrogens (tertiary/aromatic N) is 1. The van der Waals surface area contributed by atoms with E-state index in [1.54, 1.807) is 18.7 Å². The number of carbonyl (C=O) groups is 2. The normalized spacial score (nSPS) is 28.9. The number of thioether (sulfide) groups is 1. The van der Waals surface area contributed by atoms with Crippen molar-refractivity contribution in [3.63, 3.8) is 0 Å². The molecule has 1 saturated heterocycles. The molecule has 1 aromatic carbocycles. The van der Waals surface area contributed by atoms with E-state index in [4.69, 9.17) is 0 Å². The SMILES string of the molecule is CC1C[C@H](SCc2ccc(C3CCCCC3)cc2)C[N+]1(C(=O)O)C(=O)[C@H](C)CS. The largest absolute Gasteiger partial charge is 0.521 e. The van der Waals surface area contributed by atoms with Crippen LogP contribution in [0.4, 0.5) is 4.79 Å². The van der Waals surface area contributed by atoms with Crippen molar-refractivity contribution in [3.05, 3.63) is 35.4 Å². The molecule has 2 aliphatic rings. The number of carboxylic acid groups (broad SMARTS) is 1. The Bertz CT molecular complexity index is 717. The van der Waals surface area contributed by atoms with Gasteiger partial charge in [-0.2, -0.15) is 21.9 Å². The maximum Gasteiger partial charge on any atom is 0.521 e. The molecule has 160 valence electrons. The molecular weight excluding hydrogens is 402 g/mol. The second-order valence-corrected chi connectivity index (χ2v) is 10.5. The fraction of sp³-hybridized carbons (Fsp3) is 0.652. The number of imide groups is 1. The van der Waals surface area contributed by atoms with Crippen LogP contribution >= 0.6 is 24.4 Å². The van der Waals surface area contributed by atoms with Gasteiger partial charge in [0.25, 0.3) is 0 Å². The highest BCUT2D eigenvalue weighted by Crippen LogP contribution is 2.38. The Morgan fingerprint density at radius 3 is 2.45 bits per heavy atom. The number of quaternary nitrogens is 1. The lowest BCUT2D eigenvalue weighted by molar-refractivity contribution is -0.793. The van der Waals surface area contributed by atoms with Crippen LogP contribution in [-0.4, -0.2) is 45.2 Å². The Labute approximate surface area is 184 Å². The Morgan fingerprint density at radius 2 is 1.86 bits per heavy atom. The van der Waals surface area contributed by atoms with E-state index in [-0.39, 0.29) is 23.1 Å². The summed E-state index contributed by atoms with van der Waals surface area (Å²) in [5.74, 6) is 1.39. The van der Waals surface area contributed by atoms with Crippen molar-refractivity contribution in [1.82, 2.24) is 0 Å². The average molecular weight is 437 g/mol. The van der Waals surface area contributed by atoms with Gasteiger partial charge in [-0.15, -0.1) is 11.8 Å². The monoisotopic (exact) mass is 436 g/mol. The van der Waals surface area contributed by atoms with Gasteiger partial charge < -0.3 is 5.11 Å². The van der Waals surface area contributed by atoms with Gasteiger partial charge >= 0.3 is 12.0 Å². The molecule has 1 aliphatic heterocycles. The van der Waals surface area contributed by atoms with Crippen molar-refractivity contribution in [2.24, 2.45) is 5.92 Å². The average Bonchev–Trinajstić information content (AvgIpc) is 3.09. The molecule has 2 unspecified atom stereocenters. The van der Waals surface area contributed by atoms with Crippen LogP contribution in [0.2, 0.25) is 0 Å². The van der Waals surface area contributed by atoms with E-state index in [1.807, 2.05) is 6.92 Å². The first kappa shape index (κ1) is 22.7. The van der Waals surface area contributed by atoms with Crippen LogP contribution in [0.1, 0.15) is 69.4 Å². The van der Waals surface area contributed by atoms with Gasteiger partial charge in [0.05, 0.1) is 11.2 Å². The van der Waals surface area contributed by atoms with E-state index in [0.717, 1.165) is 18.1 Å². The van der Waals surface area contributed by atoms with E-state index >= 15 is 0 Å². The van der Waals surface area contributed by atoms with Crippen molar-refractivity contribution in [2.75, 3.05) is 12.3 Å². The van der Waals surface area contributed by atoms with Gasteiger partial charge in [0, 0.05) is 17.9 Å². The molecule has 0 aromatic heterocycles. The van der Waals surface area contributed by atoms with Gasteiger partial charge in [0.1, 0.15) is 12.6 Å². The summed E-state index contributed by atoms with van der Waals surface area (Å²) >= 11 is 6.00. The van der Waals surface area contributed by atoms with Gasteiger partial charge in [0.2, 0.25) is 0 Å². The zero-order valence-corrected chi connectivity index (χ0v) is 19.3. The smallest absolute Gasteiger partial charge is 0.435 e. The minimum absolute atomic E-state index is 0.176. The number of hydrogen-bond donors (Lipinski definition) is 2. The summed E-state index contributed by atoms with van der Waals surface area (Å²) in [5, 5.41) is 10.1. The molecule has 2 fully saturated rings. The maximum absolute atomic E-state index is 12.9. The lowest BCUT2D eigenvalue weighted by atomic mass is 9.84. The van der Waals surface area contributed by atoms with Crippen LogP contribution in [0.3, 0.4) is 0 Å². The fourth-order valence-corrected chi connectivity index (χ4v) is 6.46. The molecule has 4 nitrogen and oxygen atoms in total. The summed E-state index contributed by atoms with van der Waals surface area (Å²) in [4.78, 5) is 25.0. The third kappa shape index (κ3) is 4.86. The third-order valence-electron chi connectivity index (χ3n) is 6.82. The molecule has 2 amide bonds. The van der Waals surface area contributed by atoms with Crippen LogP contribution in [-0.2, 0) is 10.5 Å². The quantitative estimate of drug-likeness (QED) is 0.443. The summed E-state index contributed by atoms with van der Waals surface area (Å²) < 4.78 is -0.444. The first-order valence-corrected chi connectivity index (χ1v) is 12.5. The van der Waals surface area contributed by atoms with E-state index in [9.17, 15) is 14.7 Å². The molecule has 3 rings (SSSR count). The second kappa shape index (κ2) is 9.88. The summed E-state index contributed by atoms with van der Waals surface area (Å²) in [6.07, 6.45) is 6.41. The van der Waals surface area contributed by atoms with Crippen molar-refractivity contribution in [3.8, 4) is 0 Å². The molecule has 0 radical (unpaired) electrons. The summed E-state index contributed by atoms with van der Waals surface area (Å²) in [5.41, 5.74) is 2.73. The van der Waals surface area contributed by atoms with Crippen LogP contribution < -0.4 is 0 Å². The molecule has 1 aromatic rings. The molecule has 0 spiro atoms. The summed E-state index contributed by atoms with van der Waals surface area (Å²) in [7, 11) is 0. The predicted molar refractivity (Wildman–Crippen MR) is 123 cm³/mol. The Morgan fingerprint density at radius 1 is 1.21 bits per heavy atom. The predicted octanol–water partition coefficient (Wildman–Crippen LogP) is 5.72. The topological polar surface area (TPSA) is 54.4 Å². The lowest BCUT2D eigenvalue weighted by Gasteiger charge is -2.31. The van der Waals surface area contributed by atoms with Crippen LogP contribution in [0.15, 0.2) is 24.3 Å². The number of thiol groups is 1. The minimum Gasteiger partial charge on any atom is -0.435 e. The van der Waals surface area contributed by atoms with Crippen LogP contribution in [0, 0.1) is 5.92 Å². The minimum atomic E-state index is -1.02. The van der Waals surface area contributed by atoms with Crippen molar-refractivity contribution >= 4 is 36.4 Å². The second-order valence-electron chi connectivity index (χ2n) is 8.85. The number of benzene rings is 1. The van der Waals surface area contributed by atoms with Gasteiger partial charge in [-0.25, -0.2) is 4.79 Å². The zero-order chi connectivity index (χ0) is 21.0. The Hall–Kier alpha value is -0.980. The van der Waals surface area contributed by atoms with Crippen molar-refractivity contribution < 1.29 is 19.2 Å². The van der Waals surface area contributed by atoms with Crippen molar-refractivity contribution in [2.45, 2.75) is 75.3 Å². The van der Waals surface area contributed by atoms with E-state index < -0.39 is 10.6 Å². The van der Waals surface area contributed by atoms with Gasteiger partial charge in [-0.05, 0) is 43.7 Å². The summed E-state index contributed by atoms with van der Waals surface area (Å²) in [6, 6.07) is 8.80. The van der Waals surface area contributed by atoms with Gasteiger partial charge in [0.15, 0.2) is 0 Å². The molecular formula is C23H34NO3S2+. The lowest BCUT2D eigenvalue weighted by Crippen LogP contribution is -2.60. The number of amides is 2. The molecule has 29 heavy (non-hydrogen) atoms. The molecule has 1 aliphatic carbocycles. The number of hydrogen-bond acceptors (Lipinski definition) is 4. The Kier molecular flexibility index (Phi) is 7.74.